The third kappa shape index (κ3) is 4.55. The number of Topliss-reactive ketones (excluding diaryl/α,β-unsaturated/α-hetero) is 1. The van der Waals surface area contributed by atoms with Crippen LogP contribution in [0.15, 0.2) is 24.4 Å². The number of benzene rings is 2. The molecule has 1 heterocycles. The van der Waals surface area contributed by atoms with Gasteiger partial charge in [0, 0.05) is 22.7 Å². The van der Waals surface area contributed by atoms with Crippen molar-refractivity contribution in [2.24, 2.45) is 0 Å². The van der Waals surface area contributed by atoms with Crippen molar-refractivity contribution in [2.45, 2.75) is 46.6 Å². The first-order valence-electron chi connectivity index (χ1n) is 10.9. The number of hydrogen-bond donors (Lipinski definition) is 2. The molecule has 178 valence electrons. The van der Waals surface area contributed by atoms with E-state index in [0.29, 0.717) is 34.7 Å². The maximum absolute atomic E-state index is 15.3. The number of nitrogens with zero attached hydrogens (tertiary/aromatic N) is 1. The zero-order valence-corrected chi connectivity index (χ0v) is 20.0. The van der Waals surface area contributed by atoms with E-state index in [2.05, 4.69) is 0 Å². The fourth-order valence-corrected chi connectivity index (χ4v) is 3.89. The number of nitrogens with two attached hydrogens (primary N) is 2. The molecule has 0 spiro atoms. The lowest BCUT2D eigenvalue weighted by Gasteiger charge is -2.24. The molecule has 0 amide bonds. The van der Waals surface area contributed by atoms with Crippen molar-refractivity contribution in [3.8, 4) is 17.2 Å². The normalized spacial score (nSPS) is 11.6. The minimum absolute atomic E-state index is 0.0142. The van der Waals surface area contributed by atoms with Gasteiger partial charge in [-0.05, 0) is 37.5 Å². The number of ketones is 1. The summed E-state index contributed by atoms with van der Waals surface area (Å²) in [6.45, 7) is 10.2. The number of halogens is 1. The average Bonchev–Trinajstić information content (AvgIpc) is 3.04. The first-order chi connectivity index (χ1) is 15.5. The molecular formula is C25H32FN3O4. The minimum atomic E-state index is -0.606. The van der Waals surface area contributed by atoms with Crippen molar-refractivity contribution in [1.29, 1.82) is 0 Å². The third-order valence-corrected chi connectivity index (χ3v) is 5.43. The van der Waals surface area contributed by atoms with Crippen LogP contribution < -0.4 is 25.7 Å². The Hall–Kier alpha value is -3.42. The summed E-state index contributed by atoms with van der Waals surface area (Å²) in [6.07, 6.45) is 1.64. The van der Waals surface area contributed by atoms with Gasteiger partial charge in [-0.15, -0.1) is 0 Å². The first kappa shape index (κ1) is 24.2. The van der Waals surface area contributed by atoms with Crippen LogP contribution in [0, 0.1) is 5.82 Å². The second-order valence-corrected chi connectivity index (χ2v) is 8.81. The van der Waals surface area contributed by atoms with Crippen molar-refractivity contribution < 1.29 is 23.4 Å². The SMILES string of the molecule is CCOc1cc2cn(CC(=O)c3cc(N)c(OC)c(C(C)(C)C)c3)c(N)c2c(F)c1OCC. The highest BCUT2D eigenvalue weighted by atomic mass is 19.1. The standard InChI is InChI=1S/C25H32FN3O4/c1-7-32-19-11-15-12-29(24(28)20(15)21(26)23(19)33-8-2)13-18(30)14-9-16(25(3,4)5)22(31-6)17(27)10-14/h9-12H,7-8,13,27-28H2,1-6H3. The molecule has 2 aromatic carbocycles. The van der Waals surface area contributed by atoms with Gasteiger partial charge in [-0.2, -0.15) is 0 Å². The number of ether oxygens (including phenoxy) is 3. The van der Waals surface area contributed by atoms with Crippen LogP contribution >= 0.6 is 0 Å². The largest absolute Gasteiger partial charge is 0.494 e. The third-order valence-electron chi connectivity index (χ3n) is 5.43. The molecule has 3 rings (SSSR count). The smallest absolute Gasteiger partial charge is 0.197 e. The molecule has 0 aliphatic carbocycles. The fraction of sp³-hybridized carbons (Fsp3) is 0.400. The molecule has 7 nitrogen and oxygen atoms in total. The van der Waals surface area contributed by atoms with Crippen molar-refractivity contribution in [2.75, 3.05) is 31.8 Å². The summed E-state index contributed by atoms with van der Waals surface area (Å²) in [5, 5.41) is 0.716. The lowest BCUT2D eigenvalue weighted by Crippen LogP contribution is -2.17. The van der Waals surface area contributed by atoms with Gasteiger partial charge in [-0.1, -0.05) is 20.8 Å². The maximum Gasteiger partial charge on any atom is 0.197 e. The van der Waals surface area contributed by atoms with E-state index >= 15 is 4.39 Å². The van der Waals surface area contributed by atoms with E-state index in [1.54, 1.807) is 38.4 Å². The molecule has 0 saturated heterocycles. The van der Waals surface area contributed by atoms with Crippen molar-refractivity contribution in [1.82, 2.24) is 4.57 Å². The first-order valence-corrected chi connectivity index (χ1v) is 10.9. The molecule has 3 aromatic rings. The van der Waals surface area contributed by atoms with Crippen molar-refractivity contribution >= 4 is 28.1 Å². The second kappa shape index (κ2) is 9.21. The summed E-state index contributed by atoms with van der Waals surface area (Å²) in [6, 6.07) is 5.06. The molecule has 1 aromatic heterocycles. The predicted octanol–water partition coefficient (Wildman–Crippen LogP) is 4.93. The predicted molar refractivity (Wildman–Crippen MR) is 129 cm³/mol. The van der Waals surface area contributed by atoms with E-state index < -0.39 is 5.82 Å². The van der Waals surface area contributed by atoms with Gasteiger partial charge in [0.2, 0.25) is 0 Å². The van der Waals surface area contributed by atoms with Crippen LogP contribution in [0.2, 0.25) is 0 Å². The summed E-state index contributed by atoms with van der Waals surface area (Å²) in [7, 11) is 1.55. The van der Waals surface area contributed by atoms with Crippen LogP contribution in [0.5, 0.6) is 17.2 Å². The Kier molecular flexibility index (Phi) is 6.76. The topological polar surface area (TPSA) is 102 Å². The molecule has 8 heteroatoms. The highest BCUT2D eigenvalue weighted by Gasteiger charge is 2.25. The number of rotatable bonds is 8. The number of methoxy groups -OCH3 is 1. The minimum Gasteiger partial charge on any atom is -0.494 e. The average molecular weight is 458 g/mol. The van der Waals surface area contributed by atoms with Gasteiger partial charge in [0.1, 0.15) is 11.6 Å². The Morgan fingerprint density at radius 1 is 1.06 bits per heavy atom. The molecule has 0 bridgehead atoms. The molecular weight excluding hydrogens is 425 g/mol. The molecule has 4 N–H and O–H groups in total. The summed E-state index contributed by atoms with van der Waals surface area (Å²) in [5.41, 5.74) is 13.8. The van der Waals surface area contributed by atoms with Crippen molar-refractivity contribution in [3.63, 3.8) is 0 Å². The molecule has 0 radical (unpaired) electrons. The van der Waals surface area contributed by atoms with Gasteiger partial charge in [0.25, 0.3) is 0 Å². The maximum atomic E-state index is 15.3. The van der Waals surface area contributed by atoms with Gasteiger partial charge in [-0.3, -0.25) is 4.79 Å². The molecule has 0 aliphatic rings. The van der Waals surface area contributed by atoms with E-state index in [4.69, 9.17) is 25.7 Å². The molecule has 33 heavy (non-hydrogen) atoms. The lowest BCUT2D eigenvalue weighted by atomic mass is 9.84. The van der Waals surface area contributed by atoms with Crippen LogP contribution in [0.4, 0.5) is 15.9 Å². The zero-order chi connectivity index (χ0) is 24.5. The molecule has 0 unspecified atom stereocenters. The van der Waals surface area contributed by atoms with E-state index in [9.17, 15) is 4.79 Å². The zero-order valence-electron chi connectivity index (χ0n) is 20.0. The van der Waals surface area contributed by atoms with E-state index in [-0.39, 0.29) is 41.3 Å². The monoisotopic (exact) mass is 457 g/mol. The number of hydrogen-bond acceptors (Lipinski definition) is 6. The second-order valence-electron chi connectivity index (χ2n) is 8.81. The summed E-state index contributed by atoms with van der Waals surface area (Å²) in [5.74, 6) is 0.185. The number of fused-ring (bicyclic) bond motifs is 1. The van der Waals surface area contributed by atoms with Crippen LogP contribution in [0.25, 0.3) is 10.8 Å². The summed E-state index contributed by atoms with van der Waals surface area (Å²) >= 11 is 0. The summed E-state index contributed by atoms with van der Waals surface area (Å²) in [4.78, 5) is 13.2. The number of anilines is 2. The quantitative estimate of drug-likeness (QED) is 0.367. The highest BCUT2D eigenvalue weighted by Crippen LogP contribution is 2.40. The van der Waals surface area contributed by atoms with Crippen LogP contribution in [0.3, 0.4) is 0 Å². The van der Waals surface area contributed by atoms with E-state index in [0.717, 1.165) is 5.56 Å². The molecule has 0 saturated carbocycles. The van der Waals surface area contributed by atoms with Crippen molar-refractivity contribution in [3.05, 3.63) is 41.3 Å². The van der Waals surface area contributed by atoms with Gasteiger partial charge < -0.3 is 30.2 Å². The fourth-order valence-electron chi connectivity index (χ4n) is 3.89. The number of carbonyl (C=O) groups is 1. The molecule has 0 fully saturated rings. The van der Waals surface area contributed by atoms with E-state index in [1.807, 2.05) is 27.7 Å². The molecule has 0 aliphatic heterocycles. The summed E-state index contributed by atoms with van der Waals surface area (Å²) < 4.78 is 33.3. The Labute approximate surface area is 193 Å². The van der Waals surface area contributed by atoms with E-state index in [1.165, 1.54) is 4.57 Å². The van der Waals surface area contributed by atoms with Gasteiger partial charge >= 0.3 is 0 Å². The van der Waals surface area contributed by atoms with Gasteiger partial charge in [-0.25, -0.2) is 4.39 Å². The Morgan fingerprint density at radius 3 is 2.30 bits per heavy atom. The lowest BCUT2D eigenvalue weighted by molar-refractivity contribution is 0.0973. The highest BCUT2D eigenvalue weighted by molar-refractivity contribution is 6.00. The van der Waals surface area contributed by atoms with Gasteiger partial charge in [0.15, 0.2) is 23.1 Å². The van der Waals surface area contributed by atoms with Crippen LogP contribution in [-0.2, 0) is 12.0 Å². The number of nitrogen functional groups attached to an aromatic ring is 2. The number of carbonyl (C=O) groups excluding carboxylic acids is 1. The molecule has 0 atom stereocenters. The Morgan fingerprint density at radius 2 is 1.73 bits per heavy atom. The van der Waals surface area contributed by atoms with Crippen LogP contribution in [-0.4, -0.2) is 30.7 Å². The van der Waals surface area contributed by atoms with Crippen LogP contribution in [0.1, 0.15) is 50.5 Å². The Bertz CT molecular complexity index is 1200. The number of aromatic nitrogens is 1. The van der Waals surface area contributed by atoms with Gasteiger partial charge in [0.05, 0.1) is 37.9 Å². The Balaban J connectivity index is 2.05.